The molecule has 5 nitrogen and oxygen atoms in total. The maximum Gasteiger partial charge on any atom is 0.191 e. The molecule has 2 N–H and O–H groups in total. The van der Waals surface area contributed by atoms with E-state index in [-0.39, 0.29) is 17.6 Å². The maximum atomic E-state index is 5.60. The van der Waals surface area contributed by atoms with Crippen molar-refractivity contribution >= 4 is 5.96 Å². The molecule has 0 aromatic heterocycles. The first-order valence-electron chi connectivity index (χ1n) is 8.55. The fourth-order valence-corrected chi connectivity index (χ4v) is 2.41. The summed E-state index contributed by atoms with van der Waals surface area (Å²) >= 11 is 0. The Morgan fingerprint density at radius 2 is 1.75 bits per heavy atom. The summed E-state index contributed by atoms with van der Waals surface area (Å²) in [7, 11) is 3.46. The molecule has 0 aliphatic heterocycles. The van der Waals surface area contributed by atoms with Gasteiger partial charge in [-0.3, -0.25) is 4.99 Å². The maximum absolute atomic E-state index is 5.60. The van der Waals surface area contributed by atoms with Crippen molar-refractivity contribution in [2.24, 2.45) is 10.4 Å². The highest BCUT2D eigenvalue weighted by atomic mass is 16.5. The van der Waals surface area contributed by atoms with E-state index < -0.39 is 0 Å². The summed E-state index contributed by atoms with van der Waals surface area (Å²) in [4.78, 5) is 4.66. The van der Waals surface area contributed by atoms with Crippen LogP contribution in [0.4, 0.5) is 0 Å². The molecule has 0 saturated heterocycles. The Hall–Kier alpha value is -1.59. The fourth-order valence-electron chi connectivity index (χ4n) is 2.41. The molecular formula is C19H33N3O2. The van der Waals surface area contributed by atoms with E-state index in [0.717, 1.165) is 18.1 Å². The summed E-state index contributed by atoms with van der Waals surface area (Å²) in [6, 6.07) is 10.2. The summed E-state index contributed by atoms with van der Waals surface area (Å²) in [6.45, 7) is 10.6. The van der Waals surface area contributed by atoms with E-state index in [0.29, 0.717) is 13.1 Å². The number of nitrogens with zero attached hydrogens (tertiary/aromatic N) is 1. The number of aliphatic imine (C=N–C) groups is 1. The van der Waals surface area contributed by atoms with Crippen molar-refractivity contribution in [1.29, 1.82) is 0 Å². The second-order valence-electron chi connectivity index (χ2n) is 6.83. The van der Waals surface area contributed by atoms with Crippen LogP contribution >= 0.6 is 0 Å². The number of rotatable bonds is 8. The van der Waals surface area contributed by atoms with E-state index in [1.165, 1.54) is 0 Å². The van der Waals surface area contributed by atoms with Gasteiger partial charge in [-0.25, -0.2) is 0 Å². The second kappa shape index (κ2) is 10.3. The van der Waals surface area contributed by atoms with Crippen LogP contribution in [0.15, 0.2) is 35.3 Å². The normalized spacial score (nSPS) is 15.0. The predicted molar refractivity (Wildman–Crippen MR) is 100 cm³/mol. The van der Waals surface area contributed by atoms with Gasteiger partial charge in [0.1, 0.15) is 0 Å². The Kier molecular flexibility index (Phi) is 8.79. The lowest BCUT2D eigenvalue weighted by Gasteiger charge is -2.28. The summed E-state index contributed by atoms with van der Waals surface area (Å²) in [5.74, 6) is 0.779. The van der Waals surface area contributed by atoms with Gasteiger partial charge in [0.2, 0.25) is 0 Å². The highest BCUT2D eigenvalue weighted by molar-refractivity contribution is 5.79. The molecule has 0 heterocycles. The highest BCUT2D eigenvalue weighted by Crippen LogP contribution is 2.21. The van der Waals surface area contributed by atoms with Gasteiger partial charge in [-0.05, 0) is 17.9 Å². The zero-order valence-electron chi connectivity index (χ0n) is 15.9. The Morgan fingerprint density at radius 1 is 1.08 bits per heavy atom. The van der Waals surface area contributed by atoms with Crippen molar-refractivity contribution in [2.45, 2.75) is 39.9 Å². The number of guanidine groups is 1. The van der Waals surface area contributed by atoms with Crippen molar-refractivity contribution in [1.82, 2.24) is 10.6 Å². The van der Waals surface area contributed by atoms with E-state index >= 15 is 0 Å². The van der Waals surface area contributed by atoms with Crippen LogP contribution in [0.25, 0.3) is 0 Å². The average Bonchev–Trinajstić information content (AvgIpc) is 2.55. The van der Waals surface area contributed by atoms with Gasteiger partial charge in [0.05, 0.1) is 18.8 Å². The van der Waals surface area contributed by atoms with E-state index in [2.05, 4.69) is 55.5 Å². The molecule has 1 aromatic carbocycles. The molecule has 136 valence electrons. The Labute approximate surface area is 146 Å². The van der Waals surface area contributed by atoms with Crippen LogP contribution in [-0.2, 0) is 9.47 Å². The molecule has 0 aliphatic carbocycles. The van der Waals surface area contributed by atoms with E-state index in [9.17, 15) is 0 Å². The summed E-state index contributed by atoms with van der Waals surface area (Å²) < 4.78 is 11.2. The molecule has 0 radical (unpaired) electrons. The van der Waals surface area contributed by atoms with Crippen molar-refractivity contribution in [3.8, 4) is 0 Å². The molecule has 2 atom stereocenters. The number of nitrogens with one attached hydrogen (secondary N) is 2. The predicted octanol–water partition coefficient (Wildman–Crippen LogP) is 2.99. The van der Waals surface area contributed by atoms with Gasteiger partial charge in [-0.2, -0.15) is 0 Å². The first-order chi connectivity index (χ1) is 11.4. The van der Waals surface area contributed by atoms with Gasteiger partial charge in [0.15, 0.2) is 5.96 Å². The van der Waals surface area contributed by atoms with E-state index in [4.69, 9.17) is 9.47 Å². The van der Waals surface area contributed by atoms with E-state index in [1.54, 1.807) is 14.2 Å². The van der Waals surface area contributed by atoms with Gasteiger partial charge in [-0.15, -0.1) is 0 Å². The van der Waals surface area contributed by atoms with Gasteiger partial charge < -0.3 is 20.1 Å². The van der Waals surface area contributed by atoms with Crippen LogP contribution in [0.2, 0.25) is 0 Å². The first-order valence-corrected chi connectivity index (χ1v) is 8.55. The summed E-state index contributed by atoms with van der Waals surface area (Å²) in [5, 5.41) is 6.63. The monoisotopic (exact) mass is 335 g/mol. The number of benzene rings is 1. The molecule has 0 fully saturated rings. The minimum atomic E-state index is -0.0177. The van der Waals surface area contributed by atoms with Crippen molar-refractivity contribution < 1.29 is 9.47 Å². The van der Waals surface area contributed by atoms with Gasteiger partial charge >= 0.3 is 0 Å². The largest absolute Gasteiger partial charge is 0.379 e. The standard InChI is InChI=1S/C19H33N3O2/c1-7-20-18(22-14-17(24-6)19(2,3)4)21-13-16(23-5)15-11-9-8-10-12-15/h8-12,16-17H,7,13-14H2,1-6H3,(H2,20,21,22). The number of hydrogen-bond donors (Lipinski definition) is 2. The molecular weight excluding hydrogens is 302 g/mol. The molecule has 24 heavy (non-hydrogen) atoms. The van der Waals surface area contributed by atoms with E-state index in [1.807, 2.05) is 18.2 Å². The van der Waals surface area contributed by atoms with Crippen LogP contribution in [-0.4, -0.2) is 45.9 Å². The van der Waals surface area contributed by atoms with Gasteiger partial charge in [0, 0.05) is 27.3 Å². The molecule has 0 bridgehead atoms. The molecule has 2 unspecified atom stereocenters. The lowest BCUT2D eigenvalue weighted by Crippen LogP contribution is -2.41. The molecule has 0 saturated carbocycles. The van der Waals surface area contributed by atoms with Crippen molar-refractivity contribution in [3.63, 3.8) is 0 Å². The summed E-state index contributed by atoms with van der Waals surface area (Å²) in [5.41, 5.74) is 1.20. The molecule has 1 rings (SSSR count). The third-order valence-corrected chi connectivity index (χ3v) is 3.92. The number of hydrogen-bond acceptors (Lipinski definition) is 3. The Bertz CT molecular complexity index is 483. The zero-order valence-corrected chi connectivity index (χ0v) is 15.9. The molecule has 0 amide bonds. The van der Waals surface area contributed by atoms with Crippen molar-refractivity contribution in [2.75, 3.05) is 33.9 Å². The second-order valence-corrected chi connectivity index (χ2v) is 6.83. The number of methoxy groups -OCH3 is 2. The molecule has 0 aliphatic rings. The van der Waals surface area contributed by atoms with Gasteiger partial charge in [0.25, 0.3) is 0 Å². The quantitative estimate of drug-likeness (QED) is 0.566. The summed E-state index contributed by atoms with van der Waals surface area (Å²) in [6.07, 6.45) is 0.0520. The SMILES string of the molecule is CCNC(=NCC(OC)C(C)(C)C)NCC(OC)c1ccccc1. The third kappa shape index (κ3) is 6.89. The smallest absolute Gasteiger partial charge is 0.191 e. The zero-order chi connectivity index (χ0) is 18.0. The molecule has 1 aromatic rings. The van der Waals surface area contributed by atoms with Crippen LogP contribution in [0.5, 0.6) is 0 Å². The minimum Gasteiger partial charge on any atom is -0.379 e. The fraction of sp³-hybridized carbons (Fsp3) is 0.632. The molecule has 0 spiro atoms. The van der Waals surface area contributed by atoms with Gasteiger partial charge in [-0.1, -0.05) is 51.1 Å². The number of ether oxygens (including phenoxy) is 2. The first kappa shape index (κ1) is 20.5. The average molecular weight is 335 g/mol. The lowest BCUT2D eigenvalue weighted by molar-refractivity contribution is 0.0241. The highest BCUT2D eigenvalue weighted by Gasteiger charge is 2.24. The Balaban J connectivity index is 2.69. The minimum absolute atomic E-state index is 0.0177. The topological polar surface area (TPSA) is 54.9 Å². The van der Waals surface area contributed by atoms with Crippen LogP contribution in [0.1, 0.15) is 39.4 Å². The lowest BCUT2D eigenvalue weighted by atomic mass is 9.89. The van der Waals surface area contributed by atoms with Crippen LogP contribution < -0.4 is 10.6 Å². The van der Waals surface area contributed by atoms with Crippen LogP contribution in [0.3, 0.4) is 0 Å². The third-order valence-electron chi connectivity index (χ3n) is 3.92. The van der Waals surface area contributed by atoms with Crippen LogP contribution in [0, 0.1) is 5.41 Å². The molecule has 5 heteroatoms. The van der Waals surface area contributed by atoms with Crippen molar-refractivity contribution in [3.05, 3.63) is 35.9 Å². The Morgan fingerprint density at radius 3 is 2.25 bits per heavy atom.